The molecule has 19 heavy (non-hydrogen) atoms. The van der Waals surface area contributed by atoms with E-state index in [9.17, 15) is 4.39 Å². The molecule has 1 heterocycles. The van der Waals surface area contributed by atoms with Gasteiger partial charge in [0.25, 0.3) is 0 Å². The Labute approximate surface area is 121 Å². The van der Waals surface area contributed by atoms with Gasteiger partial charge in [-0.05, 0) is 48.9 Å². The van der Waals surface area contributed by atoms with Crippen LogP contribution in [0.2, 0.25) is 0 Å². The number of aryl methyl sites for hydroxylation is 2. The molecule has 0 saturated carbocycles. The third-order valence-corrected chi connectivity index (χ3v) is 4.28. The highest BCUT2D eigenvalue weighted by Gasteiger charge is 2.10. The molecule has 0 bridgehead atoms. The van der Waals surface area contributed by atoms with Gasteiger partial charge in [0, 0.05) is 24.3 Å². The number of benzene rings is 1. The molecule has 2 aromatic rings. The summed E-state index contributed by atoms with van der Waals surface area (Å²) >= 11 is 3.56. The Kier molecular flexibility index (Phi) is 5.14. The van der Waals surface area contributed by atoms with Gasteiger partial charge in [-0.25, -0.2) is 4.39 Å². The third-order valence-electron chi connectivity index (χ3n) is 3.36. The first-order valence-corrected chi connectivity index (χ1v) is 7.58. The summed E-state index contributed by atoms with van der Waals surface area (Å²) in [5.74, 6) is 0.356. The van der Waals surface area contributed by atoms with Crippen molar-refractivity contribution in [3.63, 3.8) is 0 Å². The molecule has 102 valence electrons. The third kappa shape index (κ3) is 4.16. The predicted molar refractivity (Wildman–Crippen MR) is 78.9 cm³/mol. The Bertz CT molecular complexity index is 524. The van der Waals surface area contributed by atoms with Gasteiger partial charge in [-0.2, -0.15) is 5.10 Å². The fourth-order valence-electron chi connectivity index (χ4n) is 2.23. The van der Waals surface area contributed by atoms with E-state index in [4.69, 9.17) is 0 Å². The lowest BCUT2D eigenvalue weighted by molar-refractivity contribution is 0.526. The van der Waals surface area contributed by atoms with Crippen LogP contribution in [0.5, 0.6) is 0 Å². The van der Waals surface area contributed by atoms with E-state index in [-0.39, 0.29) is 5.82 Å². The second-order valence-corrected chi connectivity index (χ2v) is 5.49. The summed E-state index contributed by atoms with van der Waals surface area (Å²) in [6, 6.07) is 8.93. The van der Waals surface area contributed by atoms with Crippen LogP contribution in [0.4, 0.5) is 4.39 Å². The standard InChI is InChI=1S/C15H18BrFN2/c1-19-15(7-8-18-19)6-5-13(11-16)9-12-3-2-4-14(17)10-12/h2-4,7-8,10,13H,5-6,9,11H2,1H3. The molecule has 1 atom stereocenters. The zero-order valence-electron chi connectivity index (χ0n) is 11.0. The zero-order chi connectivity index (χ0) is 13.7. The van der Waals surface area contributed by atoms with Crippen molar-refractivity contribution in [1.82, 2.24) is 9.78 Å². The van der Waals surface area contributed by atoms with E-state index >= 15 is 0 Å². The highest BCUT2D eigenvalue weighted by atomic mass is 79.9. The van der Waals surface area contributed by atoms with E-state index in [0.717, 1.165) is 30.2 Å². The smallest absolute Gasteiger partial charge is 0.123 e. The Balaban J connectivity index is 1.92. The summed E-state index contributed by atoms with van der Waals surface area (Å²) in [7, 11) is 1.96. The molecule has 0 aliphatic heterocycles. The number of nitrogens with zero attached hydrogens (tertiary/aromatic N) is 2. The van der Waals surface area contributed by atoms with Crippen molar-refractivity contribution in [1.29, 1.82) is 0 Å². The molecular weight excluding hydrogens is 307 g/mol. The predicted octanol–water partition coefficient (Wildman–Crippen LogP) is 3.75. The highest BCUT2D eigenvalue weighted by Crippen LogP contribution is 2.18. The molecular formula is C15H18BrFN2. The molecule has 1 aromatic carbocycles. The number of hydrogen-bond donors (Lipinski definition) is 0. The molecule has 2 nitrogen and oxygen atoms in total. The first-order valence-electron chi connectivity index (χ1n) is 6.46. The molecule has 1 unspecified atom stereocenters. The fourth-order valence-corrected chi connectivity index (χ4v) is 2.78. The van der Waals surface area contributed by atoms with Gasteiger partial charge in [0.2, 0.25) is 0 Å². The lowest BCUT2D eigenvalue weighted by Crippen LogP contribution is -2.09. The lowest BCUT2D eigenvalue weighted by Gasteiger charge is -2.14. The average Bonchev–Trinajstić information content (AvgIpc) is 2.80. The van der Waals surface area contributed by atoms with Gasteiger partial charge in [0.1, 0.15) is 5.82 Å². The highest BCUT2D eigenvalue weighted by molar-refractivity contribution is 9.09. The molecule has 0 fully saturated rings. The lowest BCUT2D eigenvalue weighted by atomic mass is 9.96. The normalized spacial score (nSPS) is 12.6. The van der Waals surface area contributed by atoms with Crippen LogP contribution in [0.3, 0.4) is 0 Å². The molecule has 1 aromatic heterocycles. The first kappa shape index (κ1) is 14.3. The summed E-state index contributed by atoms with van der Waals surface area (Å²) in [6.45, 7) is 0. The number of alkyl halides is 1. The molecule has 4 heteroatoms. The number of halogens is 2. The first-order chi connectivity index (χ1) is 9.19. The van der Waals surface area contributed by atoms with Gasteiger partial charge >= 0.3 is 0 Å². The van der Waals surface area contributed by atoms with Crippen LogP contribution in [-0.2, 0) is 19.9 Å². The maximum Gasteiger partial charge on any atom is 0.123 e. The summed E-state index contributed by atoms with van der Waals surface area (Å²) in [4.78, 5) is 0. The Morgan fingerprint density at radius 2 is 2.21 bits per heavy atom. The monoisotopic (exact) mass is 324 g/mol. The second-order valence-electron chi connectivity index (χ2n) is 4.84. The minimum absolute atomic E-state index is 0.155. The van der Waals surface area contributed by atoms with Crippen molar-refractivity contribution in [2.24, 2.45) is 13.0 Å². The van der Waals surface area contributed by atoms with E-state index < -0.39 is 0 Å². The Hall–Kier alpha value is -1.16. The van der Waals surface area contributed by atoms with Gasteiger partial charge in [-0.15, -0.1) is 0 Å². The molecule has 0 spiro atoms. The van der Waals surface area contributed by atoms with E-state index in [0.29, 0.717) is 5.92 Å². The van der Waals surface area contributed by atoms with Crippen LogP contribution in [0.1, 0.15) is 17.7 Å². The molecule has 0 aliphatic carbocycles. The number of aromatic nitrogens is 2. The number of hydrogen-bond acceptors (Lipinski definition) is 1. The summed E-state index contributed by atoms with van der Waals surface area (Å²) in [6.07, 6.45) is 4.80. The van der Waals surface area contributed by atoms with Crippen molar-refractivity contribution in [3.05, 3.63) is 53.6 Å². The van der Waals surface area contributed by atoms with Crippen LogP contribution in [0, 0.1) is 11.7 Å². The van der Waals surface area contributed by atoms with Crippen molar-refractivity contribution in [3.8, 4) is 0 Å². The summed E-state index contributed by atoms with van der Waals surface area (Å²) < 4.78 is 15.1. The van der Waals surface area contributed by atoms with Crippen molar-refractivity contribution in [2.75, 3.05) is 5.33 Å². The van der Waals surface area contributed by atoms with Gasteiger partial charge in [-0.3, -0.25) is 4.68 Å². The van der Waals surface area contributed by atoms with Gasteiger partial charge < -0.3 is 0 Å². The Morgan fingerprint density at radius 1 is 1.37 bits per heavy atom. The van der Waals surface area contributed by atoms with E-state index in [1.54, 1.807) is 12.1 Å². The zero-order valence-corrected chi connectivity index (χ0v) is 12.6. The minimum atomic E-state index is -0.155. The molecule has 0 saturated heterocycles. The molecule has 0 amide bonds. The van der Waals surface area contributed by atoms with Gasteiger partial charge in [0.05, 0.1) is 0 Å². The SMILES string of the molecule is Cn1nccc1CCC(CBr)Cc1cccc(F)c1. The van der Waals surface area contributed by atoms with Crippen LogP contribution >= 0.6 is 15.9 Å². The van der Waals surface area contributed by atoms with Crippen LogP contribution in [0.25, 0.3) is 0 Å². The fraction of sp³-hybridized carbons (Fsp3) is 0.400. The van der Waals surface area contributed by atoms with Crippen molar-refractivity contribution in [2.45, 2.75) is 19.3 Å². The number of rotatable bonds is 6. The topological polar surface area (TPSA) is 17.8 Å². The van der Waals surface area contributed by atoms with Gasteiger partial charge in [0.15, 0.2) is 0 Å². The minimum Gasteiger partial charge on any atom is -0.273 e. The average molecular weight is 325 g/mol. The van der Waals surface area contributed by atoms with Gasteiger partial charge in [-0.1, -0.05) is 28.1 Å². The maximum absolute atomic E-state index is 13.2. The molecule has 0 radical (unpaired) electrons. The molecule has 0 aliphatic rings. The Morgan fingerprint density at radius 3 is 2.84 bits per heavy atom. The summed E-state index contributed by atoms with van der Waals surface area (Å²) in [5, 5.41) is 5.10. The summed E-state index contributed by atoms with van der Waals surface area (Å²) in [5.41, 5.74) is 2.31. The van der Waals surface area contributed by atoms with Crippen LogP contribution in [-0.4, -0.2) is 15.1 Å². The van der Waals surface area contributed by atoms with Crippen molar-refractivity contribution >= 4 is 15.9 Å². The van der Waals surface area contributed by atoms with Crippen LogP contribution in [0.15, 0.2) is 36.5 Å². The quantitative estimate of drug-likeness (QED) is 0.740. The van der Waals surface area contributed by atoms with Crippen LogP contribution < -0.4 is 0 Å². The molecule has 2 rings (SSSR count). The van der Waals surface area contributed by atoms with E-state index in [1.807, 2.05) is 30.1 Å². The van der Waals surface area contributed by atoms with E-state index in [2.05, 4.69) is 21.0 Å². The maximum atomic E-state index is 13.2. The molecule has 0 N–H and O–H groups in total. The largest absolute Gasteiger partial charge is 0.273 e. The second kappa shape index (κ2) is 6.85. The van der Waals surface area contributed by atoms with E-state index in [1.165, 1.54) is 11.8 Å². The van der Waals surface area contributed by atoms with Crippen molar-refractivity contribution < 1.29 is 4.39 Å².